The summed E-state index contributed by atoms with van der Waals surface area (Å²) < 4.78 is 45.4. The Bertz CT molecular complexity index is 431. The zero-order valence-corrected chi connectivity index (χ0v) is 12.4. The molecule has 1 rings (SSSR count). The van der Waals surface area contributed by atoms with Gasteiger partial charge >= 0.3 is 6.09 Å². The van der Waals surface area contributed by atoms with Crippen molar-refractivity contribution in [2.75, 3.05) is 19.3 Å². The predicted octanol–water partition coefficient (Wildman–Crippen LogP) is 1.31. The zero-order chi connectivity index (χ0) is 14.8. The average molecular weight is 297 g/mol. The number of carbonyl (C=O) groups is 1. The van der Waals surface area contributed by atoms with Gasteiger partial charge in [-0.25, -0.2) is 9.18 Å². The van der Waals surface area contributed by atoms with Gasteiger partial charge in [-0.2, -0.15) is 8.42 Å². The number of amides is 1. The van der Waals surface area contributed by atoms with Crippen LogP contribution in [-0.4, -0.2) is 56.6 Å². The van der Waals surface area contributed by atoms with E-state index in [1.54, 1.807) is 20.8 Å². The van der Waals surface area contributed by atoms with Crippen LogP contribution in [0.1, 0.15) is 27.2 Å². The first-order valence-electron chi connectivity index (χ1n) is 5.98. The number of alkyl halides is 1. The van der Waals surface area contributed by atoms with Crippen LogP contribution in [0, 0.1) is 0 Å². The molecule has 2 atom stereocenters. The van der Waals surface area contributed by atoms with Crippen LogP contribution in [-0.2, 0) is 19.0 Å². The van der Waals surface area contributed by atoms with E-state index in [1.165, 1.54) is 4.90 Å². The molecular weight excluding hydrogens is 277 g/mol. The van der Waals surface area contributed by atoms with Gasteiger partial charge in [0.15, 0.2) is 0 Å². The highest BCUT2D eigenvalue weighted by molar-refractivity contribution is 7.86. The highest BCUT2D eigenvalue weighted by Crippen LogP contribution is 2.20. The number of nitrogens with zero attached hydrogens (tertiary/aromatic N) is 1. The van der Waals surface area contributed by atoms with E-state index >= 15 is 0 Å². The Morgan fingerprint density at radius 2 is 1.95 bits per heavy atom. The fourth-order valence-electron chi connectivity index (χ4n) is 1.70. The minimum atomic E-state index is -3.76. The molecule has 0 aliphatic carbocycles. The van der Waals surface area contributed by atoms with Crippen LogP contribution < -0.4 is 0 Å². The molecular formula is C11H20FNO5S. The summed E-state index contributed by atoms with van der Waals surface area (Å²) in [6.07, 6.45) is -2.29. The highest BCUT2D eigenvalue weighted by atomic mass is 32.2. The minimum Gasteiger partial charge on any atom is -0.444 e. The topological polar surface area (TPSA) is 72.9 Å². The van der Waals surface area contributed by atoms with Crippen LogP contribution in [0.5, 0.6) is 0 Å². The summed E-state index contributed by atoms with van der Waals surface area (Å²) in [6, 6.07) is 0. The van der Waals surface area contributed by atoms with E-state index in [0.717, 1.165) is 6.26 Å². The molecule has 0 saturated carbocycles. The van der Waals surface area contributed by atoms with E-state index < -0.39 is 34.1 Å². The number of likely N-dealkylation sites (tertiary alicyclic amines) is 1. The lowest BCUT2D eigenvalue weighted by Gasteiger charge is -2.35. The number of hydrogen-bond donors (Lipinski definition) is 0. The third kappa shape index (κ3) is 5.73. The van der Waals surface area contributed by atoms with Gasteiger partial charge in [0.05, 0.1) is 12.8 Å². The molecule has 2 unspecified atom stereocenters. The SMILES string of the molecule is CC(C)(C)OC(=O)N1CCC(F)C(OS(C)(=O)=O)C1. The first-order valence-corrected chi connectivity index (χ1v) is 7.80. The summed E-state index contributed by atoms with van der Waals surface area (Å²) in [5.74, 6) is 0. The van der Waals surface area contributed by atoms with Gasteiger partial charge in [0.2, 0.25) is 0 Å². The van der Waals surface area contributed by atoms with Crippen LogP contribution in [0.3, 0.4) is 0 Å². The molecule has 112 valence electrons. The summed E-state index contributed by atoms with van der Waals surface area (Å²) in [6.45, 7) is 5.20. The summed E-state index contributed by atoms with van der Waals surface area (Å²) in [4.78, 5) is 13.1. The van der Waals surface area contributed by atoms with Crippen molar-refractivity contribution in [1.29, 1.82) is 0 Å². The molecule has 0 N–H and O–H groups in total. The molecule has 19 heavy (non-hydrogen) atoms. The number of ether oxygens (including phenoxy) is 1. The maximum absolute atomic E-state index is 13.6. The van der Waals surface area contributed by atoms with Gasteiger partial charge < -0.3 is 9.64 Å². The van der Waals surface area contributed by atoms with Crippen molar-refractivity contribution < 1.29 is 26.5 Å². The molecule has 1 heterocycles. The van der Waals surface area contributed by atoms with E-state index in [9.17, 15) is 17.6 Å². The molecule has 0 aromatic rings. The van der Waals surface area contributed by atoms with Gasteiger partial charge in [-0.1, -0.05) is 0 Å². The quantitative estimate of drug-likeness (QED) is 0.719. The van der Waals surface area contributed by atoms with Gasteiger partial charge in [0, 0.05) is 6.54 Å². The summed E-state index contributed by atoms with van der Waals surface area (Å²) in [7, 11) is -3.76. The molecule has 6 nitrogen and oxygen atoms in total. The molecule has 1 aliphatic heterocycles. The van der Waals surface area contributed by atoms with E-state index in [1.807, 2.05) is 0 Å². The predicted molar refractivity (Wildman–Crippen MR) is 67.0 cm³/mol. The van der Waals surface area contributed by atoms with Crippen LogP contribution in [0.15, 0.2) is 0 Å². The van der Waals surface area contributed by atoms with E-state index in [2.05, 4.69) is 4.18 Å². The Balaban J connectivity index is 2.66. The first-order chi connectivity index (χ1) is 8.48. The van der Waals surface area contributed by atoms with Gasteiger partial charge in [0.25, 0.3) is 10.1 Å². The summed E-state index contributed by atoms with van der Waals surface area (Å²) >= 11 is 0. The lowest BCUT2D eigenvalue weighted by atomic mass is 10.1. The van der Waals surface area contributed by atoms with Crippen LogP contribution in [0.25, 0.3) is 0 Å². The number of carbonyl (C=O) groups excluding carboxylic acids is 1. The second-order valence-electron chi connectivity index (χ2n) is 5.57. The molecule has 0 bridgehead atoms. The van der Waals surface area contributed by atoms with E-state index in [0.29, 0.717) is 0 Å². The van der Waals surface area contributed by atoms with Crippen molar-refractivity contribution >= 4 is 16.2 Å². The zero-order valence-electron chi connectivity index (χ0n) is 11.6. The standard InChI is InChI=1S/C11H20FNO5S/c1-11(2,3)17-10(14)13-6-5-8(12)9(7-13)18-19(4,15)16/h8-9H,5-7H2,1-4H3. The van der Waals surface area contributed by atoms with Gasteiger partial charge in [-0.05, 0) is 27.2 Å². The molecule has 0 spiro atoms. The van der Waals surface area contributed by atoms with Crippen LogP contribution in [0.4, 0.5) is 9.18 Å². The number of hydrogen-bond acceptors (Lipinski definition) is 5. The molecule has 1 amide bonds. The molecule has 0 radical (unpaired) electrons. The monoisotopic (exact) mass is 297 g/mol. The average Bonchev–Trinajstić information content (AvgIpc) is 2.16. The third-order valence-electron chi connectivity index (χ3n) is 2.43. The second-order valence-corrected chi connectivity index (χ2v) is 7.17. The fraction of sp³-hybridized carbons (Fsp3) is 0.909. The smallest absolute Gasteiger partial charge is 0.410 e. The molecule has 0 aromatic carbocycles. The normalized spacial score (nSPS) is 25.2. The van der Waals surface area contributed by atoms with E-state index in [4.69, 9.17) is 4.74 Å². The highest BCUT2D eigenvalue weighted by Gasteiger charge is 2.36. The molecule has 1 saturated heterocycles. The van der Waals surface area contributed by atoms with Crippen molar-refractivity contribution in [3.63, 3.8) is 0 Å². The van der Waals surface area contributed by atoms with Crippen LogP contribution in [0.2, 0.25) is 0 Å². The minimum absolute atomic E-state index is 0.0272. The Labute approximate surface area is 113 Å². The first kappa shape index (κ1) is 16.2. The van der Waals surface area contributed by atoms with Gasteiger partial charge in [0.1, 0.15) is 17.9 Å². The Kier molecular flexibility index (Phi) is 4.78. The summed E-state index contributed by atoms with van der Waals surface area (Å²) in [5.41, 5.74) is -0.656. The van der Waals surface area contributed by atoms with Crippen LogP contribution >= 0.6 is 0 Å². The number of rotatable bonds is 2. The lowest BCUT2D eigenvalue weighted by molar-refractivity contribution is -0.0106. The van der Waals surface area contributed by atoms with Gasteiger partial charge in [-0.15, -0.1) is 0 Å². The summed E-state index contributed by atoms with van der Waals surface area (Å²) in [5, 5.41) is 0. The maximum Gasteiger partial charge on any atom is 0.410 e. The van der Waals surface area contributed by atoms with Crippen molar-refractivity contribution in [3.05, 3.63) is 0 Å². The molecule has 1 fully saturated rings. The van der Waals surface area contributed by atoms with Gasteiger partial charge in [-0.3, -0.25) is 4.18 Å². The number of halogens is 1. The Hall–Kier alpha value is -0.890. The van der Waals surface area contributed by atoms with Crippen molar-refractivity contribution in [1.82, 2.24) is 4.90 Å². The fourth-order valence-corrected chi connectivity index (χ4v) is 2.33. The van der Waals surface area contributed by atoms with Crippen molar-refractivity contribution in [3.8, 4) is 0 Å². The largest absolute Gasteiger partial charge is 0.444 e. The van der Waals surface area contributed by atoms with Crippen molar-refractivity contribution in [2.45, 2.75) is 45.1 Å². The third-order valence-corrected chi connectivity index (χ3v) is 3.03. The Morgan fingerprint density at radius 1 is 1.37 bits per heavy atom. The maximum atomic E-state index is 13.6. The lowest BCUT2D eigenvalue weighted by Crippen LogP contribution is -2.50. The number of piperidine rings is 1. The van der Waals surface area contributed by atoms with Crippen molar-refractivity contribution in [2.24, 2.45) is 0 Å². The molecule has 1 aliphatic rings. The second kappa shape index (κ2) is 5.62. The molecule has 0 aromatic heterocycles. The Morgan fingerprint density at radius 3 is 2.42 bits per heavy atom. The molecule has 8 heteroatoms. The van der Waals surface area contributed by atoms with E-state index in [-0.39, 0.29) is 19.5 Å².